The fourth-order valence-corrected chi connectivity index (χ4v) is 2.45. The smallest absolute Gasteiger partial charge is 0.225 e. The summed E-state index contributed by atoms with van der Waals surface area (Å²) in [6, 6.07) is 6.44. The van der Waals surface area contributed by atoms with Crippen LogP contribution in [0.1, 0.15) is 6.42 Å². The summed E-state index contributed by atoms with van der Waals surface area (Å²) in [5.41, 5.74) is 6.52. The molecule has 1 saturated heterocycles. The van der Waals surface area contributed by atoms with E-state index < -0.39 is 0 Å². The van der Waals surface area contributed by atoms with E-state index in [-0.39, 0.29) is 17.8 Å². The molecule has 1 aliphatic rings. The molecule has 1 aliphatic heterocycles. The third-order valence-corrected chi connectivity index (χ3v) is 3.82. The van der Waals surface area contributed by atoms with Crippen LogP contribution >= 0.6 is 0 Å². The number of benzene rings is 1. The molecule has 0 aliphatic carbocycles. The van der Waals surface area contributed by atoms with Gasteiger partial charge in [-0.2, -0.15) is 0 Å². The molecule has 0 radical (unpaired) electrons. The van der Waals surface area contributed by atoms with E-state index in [9.17, 15) is 9.18 Å². The number of hydrogen-bond donors (Lipinski definition) is 1. The van der Waals surface area contributed by atoms with E-state index in [1.165, 1.54) is 12.1 Å². The molecule has 1 amide bonds. The summed E-state index contributed by atoms with van der Waals surface area (Å²) in [4.78, 5) is 16.1. The van der Waals surface area contributed by atoms with Crippen LogP contribution in [-0.2, 0) is 9.53 Å². The lowest BCUT2D eigenvalue weighted by molar-refractivity contribution is -0.133. The summed E-state index contributed by atoms with van der Waals surface area (Å²) in [5, 5.41) is 0. The Hall–Kier alpha value is -1.66. The van der Waals surface area contributed by atoms with Gasteiger partial charge in [0.1, 0.15) is 5.82 Å². The van der Waals surface area contributed by atoms with E-state index in [4.69, 9.17) is 10.5 Å². The fraction of sp³-hybridized carbons (Fsp3) is 0.533. The van der Waals surface area contributed by atoms with E-state index in [1.54, 1.807) is 19.2 Å². The number of nitrogens with two attached hydrogens (primary N) is 1. The van der Waals surface area contributed by atoms with Crippen LogP contribution in [0.5, 0.6) is 0 Å². The van der Waals surface area contributed by atoms with Gasteiger partial charge in [-0.05, 0) is 24.3 Å². The monoisotopic (exact) mass is 295 g/mol. The number of anilines is 1. The number of carbonyl (C=O) groups excluding carboxylic acids is 1. The molecule has 1 aromatic rings. The Morgan fingerprint density at radius 3 is 2.43 bits per heavy atom. The van der Waals surface area contributed by atoms with Gasteiger partial charge in [0, 0.05) is 45.5 Å². The van der Waals surface area contributed by atoms with Gasteiger partial charge in [0.25, 0.3) is 0 Å². The molecule has 1 fully saturated rings. The Bertz CT molecular complexity index is 454. The summed E-state index contributed by atoms with van der Waals surface area (Å²) in [7, 11) is 1.57. The van der Waals surface area contributed by atoms with Crippen LogP contribution in [0.2, 0.25) is 0 Å². The lowest BCUT2D eigenvalue weighted by atomic mass is 10.2. The highest BCUT2D eigenvalue weighted by molar-refractivity contribution is 5.77. The molecule has 21 heavy (non-hydrogen) atoms. The molecule has 0 aromatic heterocycles. The van der Waals surface area contributed by atoms with Crippen LogP contribution in [-0.4, -0.2) is 56.7 Å². The average Bonchev–Trinajstić information content (AvgIpc) is 2.53. The molecular formula is C15H22FN3O2. The third-order valence-electron chi connectivity index (χ3n) is 3.82. The quantitative estimate of drug-likeness (QED) is 0.874. The number of hydrogen-bond acceptors (Lipinski definition) is 4. The van der Waals surface area contributed by atoms with Crippen LogP contribution in [0.15, 0.2) is 24.3 Å². The first-order valence-corrected chi connectivity index (χ1v) is 7.15. The molecule has 0 bridgehead atoms. The molecule has 1 heterocycles. The van der Waals surface area contributed by atoms with Gasteiger partial charge >= 0.3 is 0 Å². The Labute approximate surface area is 124 Å². The number of methoxy groups -OCH3 is 1. The van der Waals surface area contributed by atoms with Crippen LogP contribution in [0.3, 0.4) is 0 Å². The van der Waals surface area contributed by atoms with Gasteiger partial charge in [-0.25, -0.2) is 4.39 Å². The van der Waals surface area contributed by atoms with Crippen molar-refractivity contribution >= 4 is 11.6 Å². The van der Waals surface area contributed by atoms with Crippen molar-refractivity contribution < 1.29 is 13.9 Å². The highest BCUT2D eigenvalue weighted by atomic mass is 19.1. The van der Waals surface area contributed by atoms with Gasteiger partial charge in [-0.3, -0.25) is 4.79 Å². The Morgan fingerprint density at radius 1 is 1.29 bits per heavy atom. The van der Waals surface area contributed by atoms with Gasteiger partial charge in [0.2, 0.25) is 5.91 Å². The molecular weight excluding hydrogens is 273 g/mol. The minimum absolute atomic E-state index is 0.0751. The van der Waals surface area contributed by atoms with Gasteiger partial charge in [-0.1, -0.05) is 0 Å². The standard InChI is InChI=1S/C15H22FN3O2/c1-21-14(11-17)10-15(20)19-8-6-18(7-9-19)13-4-2-12(16)3-5-13/h2-5,14H,6-11,17H2,1H3. The number of carbonyl (C=O) groups is 1. The number of amides is 1. The van der Waals surface area contributed by atoms with Crippen molar-refractivity contribution in [3.63, 3.8) is 0 Å². The van der Waals surface area contributed by atoms with Crippen LogP contribution in [0, 0.1) is 5.82 Å². The summed E-state index contributed by atoms with van der Waals surface area (Å²) >= 11 is 0. The zero-order valence-electron chi connectivity index (χ0n) is 12.3. The molecule has 1 aromatic carbocycles. The van der Waals surface area contributed by atoms with E-state index in [0.717, 1.165) is 18.8 Å². The normalized spacial score (nSPS) is 16.9. The Balaban J connectivity index is 1.85. The van der Waals surface area contributed by atoms with E-state index in [0.29, 0.717) is 26.1 Å². The maximum Gasteiger partial charge on any atom is 0.225 e. The van der Waals surface area contributed by atoms with Crippen molar-refractivity contribution in [1.29, 1.82) is 0 Å². The minimum atomic E-state index is -0.236. The zero-order chi connectivity index (χ0) is 15.2. The van der Waals surface area contributed by atoms with Gasteiger partial charge in [0.05, 0.1) is 12.5 Å². The fourth-order valence-electron chi connectivity index (χ4n) is 2.45. The molecule has 2 N–H and O–H groups in total. The van der Waals surface area contributed by atoms with Crippen LogP contribution < -0.4 is 10.6 Å². The van der Waals surface area contributed by atoms with Gasteiger partial charge in [0.15, 0.2) is 0 Å². The lowest BCUT2D eigenvalue weighted by Crippen LogP contribution is -2.49. The molecule has 6 heteroatoms. The van der Waals surface area contributed by atoms with Crippen molar-refractivity contribution in [2.45, 2.75) is 12.5 Å². The molecule has 2 rings (SSSR count). The third kappa shape index (κ3) is 4.15. The summed E-state index contributed by atoms with van der Waals surface area (Å²) in [6.07, 6.45) is 0.108. The predicted octanol–water partition coefficient (Wildman–Crippen LogP) is 0.838. The number of piperazine rings is 1. The Kier molecular flexibility index (Phi) is 5.52. The van der Waals surface area contributed by atoms with Crippen LogP contribution in [0.4, 0.5) is 10.1 Å². The largest absolute Gasteiger partial charge is 0.380 e. The summed E-state index contributed by atoms with van der Waals surface area (Å²) in [5.74, 6) is -0.161. The minimum Gasteiger partial charge on any atom is -0.380 e. The van der Waals surface area contributed by atoms with Crippen molar-refractivity contribution in [1.82, 2.24) is 4.90 Å². The predicted molar refractivity (Wildman–Crippen MR) is 79.7 cm³/mol. The number of rotatable bonds is 5. The van der Waals surface area contributed by atoms with E-state index >= 15 is 0 Å². The van der Waals surface area contributed by atoms with Gasteiger partial charge in [-0.15, -0.1) is 0 Å². The maximum absolute atomic E-state index is 12.9. The first kappa shape index (κ1) is 15.7. The molecule has 5 nitrogen and oxygen atoms in total. The summed E-state index contributed by atoms with van der Waals surface area (Å²) in [6.45, 7) is 3.17. The van der Waals surface area contributed by atoms with E-state index in [2.05, 4.69) is 4.90 Å². The molecule has 116 valence electrons. The van der Waals surface area contributed by atoms with Crippen molar-refractivity contribution in [3.05, 3.63) is 30.1 Å². The number of nitrogens with zero attached hydrogens (tertiary/aromatic N) is 2. The first-order valence-electron chi connectivity index (χ1n) is 7.15. The molecule has 1 unspecified atom stereocenters. The number of halogens is 1. The number of ether oxygens (including phenoxy) is 1. The lowest BCUT2D eigenvalue weighted by Gasteiger charge is -2.36. The van der Waals surface area contributed by atoms with E-state index in [1.807, 2.05) is 4.90 Å². The SMILES string of the molecule is COC(CN)CC(=O)N1CCN(c2ccc(F)cc2)CC1. The van der Waals surface area contributed by atoms with Gasteiger partial charge < -0.3 is 20.3 Å². The first-order chi connectivity index (χ1) is 10.1. The summed E-state index contributed by atoms with van der Waals surface area (Å²) < 4.78 is 18.1. The van der Waals surface area contributed by atoms with Crippen molar-refractivity contribution in [2.75, 3.05) is 44.7 Å². The highest BCUT2D eigenvalue weighted by Gasteiger charge is 2.23. The average molecular weight is 295 g/mol. The molecule has 0 saturated carbocycles. The zero-order valence-corrected chi connectivity index (χ0v) is 12.3. The Morgan fingerprint density at radius 2 is 1.90 bits per heavy atom. The second-order valence-electron chi connectivity index (χ2n) is 5.14. The maximum atomic E-state index is 12.9. The second-order valence-corrected chi connectivity index (χ2v) is 5.14. The van der Waals surface area contributed by atoms with Crippen molar-refractivity contribution in [3.8, 4) is 0 Å². The highest BCUT2D eigenvalue weighted by Crippen LogP contribution is 2.17. The topological polar surface area (TPSA) is 58.8 Å². The molecule has 1 atom stereocenters. The second kappa shape index (κ2) is 7.38. The van der Waals surface area contributed by atoms with Crippen molar-refractivity contribution in [2.24, 2.45) is 5.73 Å². The van der Waals surface area contributed by atoms with Crippen LogP contribution in [0.25, 0.3) is 0 Å². The molecule has 0 spiro atoms.